The molecule has 0 aliphatic heterocycles. The Morgan fingerprint density at radius 2 is 0.739 bits per heavy atom. The molecule has 5 heteroatoms. The van der Waals surface area contributed by atoms with Gasteiger partial charge in [-0.25, -0.2) is 9.97 Å². The third kappa shape index (κ3) is 6.18. The molecule has 0 aliphatic carbocycles. The molecule has 0 aliphatic rings. The summed E-state index contributed by atoms with van der Waals surface area (Å²) in [5, 5.41) is 7.20. The monoisotopic (exact) mass is 879 g/mol. The molecule has 69 heavy (non-hydrogen) atoms. The molecule has 0 bridgehead atoms. The van der Waals surface area contributed by atoms with E-state index in [1.54, 1.807) is 0 Å². The molecule has 0 spiro atoms. The van der Waals surface area contributed by atoms with Gasteiger partial charge < -0.3 is 9.13 Å². The van der Waals surface area contributed by atoms with Gasteiger partial charge in [0.25, 0.3) is 0 Å². The van der Waals surface area contributed by atoms with Crippen LogP contribution < -0.4 is 0 Å². The second kappa shape index (κ2) is 15.7. The topological polar surface area (TPSA) is 40.6 Å². The fourth-order valence-electron chi connectivity index (χ4n) is 10.9. The van der Waals surface area contributed by atoms with E-state index in [9.17, 15) is 0 Å². The van der Waals surface area contributed by atoms with Gasteiger partial charge in [-0.2, -0.15) is 0 Å². The van der Waals surface area contributed by atoms with Crippen LogP contribution in [0.2, 0.25) is 0 Å². The molecule has 10 aromatic carbocycles. The highest BCUT2D eigenvalue weighted by atomic mass is 15.1. The Morgan fingerprint density at radius 1 is 0.261 bits per heavy atom. The second-order valence-corrected chi connectivity index (χ2v) is 17.7. The number of rotatable bonds is 7. The standard InChI is InChI=1S/C64H41N5/c1-5-19-42(20-6-1)45-35-37-57-52(39-45)53-40-47(36-38-58(53)67(57)46-25-11-4-12-26-46)68-55-31-15-13-27-50(55)62-48(29-17-33-59(62)68)49-30-18-34-60-63(49)51-28-14-16-32-56(51)69(60)61-41-54(43-21-7-2-8-22-43)65-64(66-61)44-23-9-3-10-24-44/h1-41H. The lowest BCUT2D eigenvalue weighted by molar-refractivity contribution is 1.05. The number of hydrogen-bond donors (Lipinski definition) is 0. The van der Waals surface area contributed by atoms with Crippen LogP contribution in [0.1, 0.15) is 0 Å². The number of fused-ring (bicyclic) bond motifs is 9. The molecule has 0 unspecified atom stereocenters. The van der Waals surface area contributed by atoms with Crippen molar-refractivity contribution in [3.05, 3.63) is 249 Å². The lowest BCUT2D eigenvalue weighted by Gasteiger charge is -2.13. The number of aromatic nitrogens is 5. The van der Waals surface area contributed by atoms with E-state index in [4.69, 9.17) is 9.97 Å². The van der Waals surface area contributed by atoms with Crippen LogP contribution in [0.3, 0.4) is 0 Å². The molecule has 4 heterocycles. The molecule has 0 saturated carbocycles. The van der Waals surface area contributed by atoms with Crippen molar-refractivity contribution in [2.75, 3.05) is 0 Å². The van der Waals surface area contributed by atoms with E-state index in [0.29, 0.717) is 5.82 Å². The Bertz CT molecular complexity index is 4220. The zero-order valence-corrected chi connectivity index (χ0v) is 37.4. The summed E-state index contributed by atoms with van der Waals surface area (Å²) in [4.78, 5) is 10.5. The smallest absolute Gasteiger partial charge is 0.162 e. The van der Waals surface area contributed by atoms with Crippen molar-refractivity contribution in [3.63, 3.8) is 0 Å². The van der Waals surface area contributed by atoms with Gasteiger partial charge in [-0.1, -0.05) is 176 Å². The Balaban J connectivity index is 1.00. The lowest BCUT2D eigenvalue weighted by atomic mass is 9.95. The van der Waals surface area contributed by atoms with E-state index in [1.807, 2.05) is 24.3 Å². The molecule has 5 nitrogen and oxygen atoms in total. The summed E-state index contributed by atoms with van der Waals surface area (Å²) in [6.07, 6.45) is 0. The molecule has 322 valence electrons. The molecule has 0 amide bonds. The minimum atomic E-state index is 0.686. The summed E-state index contributed by atoms with van der Waals surface area (Å²) in [5.41, 5.74) is 16.7. The van der Waals surface area contributed by atoms with E-state index >= 15 is 0 Å². The Hall–Kier alpha value is -9.32. The van der Waals surface area contributed by atoms with E-state index in [2.05, 4.69) is 238 Å². The average molecular weight is 880 g/mol. The SMILES string of the molecule is c1ccc(-c2ccc3c(c2)c2cc(-n4c5ccccc5c5c(-c6cccc7c6c6ccccc6n7-c6cc(-c7ccccc7)nc(-c7ccccc7)n6)cccc54)ccc2n3-c2ccccc2)cc1. The second-order valence-electron chi connectivity index (χ2n) is 17.7. The first kappa shape index (κ1) is 38.9. The van der Waals surface area contributed by atoms with E-state index in [0.717, 1.165) is 56.1 Å². The molecule has 0 atom stereocenters. The summed E-state index contributed by atoms with van der Waals surface area (Å²) in [5.74, 6) is 1.51. The number of benzene rings is 10. The third-order valence-corrected chi connectivity index (χ3v) is 13.9. The first-order chi connectivity index (χ1) is 34.2. The van der Waals surface area contributed by atoms with Crippen molar-refractivity contribution in [1.29, 1.82) is 0 Å². The highest BCUT2D eigenvalue weighted by Gasteiger charge is 2.23. The van der Waals surface area contributed by atoms with Gasteiger partial charge in [0.1, 0.15) is 5.82 Å². The van der Waals surface area contributed by atoms with Crippen LogP contribution in [0.5, 0.6) is 0 Å². The van der Waals surface area contributed by atoms with Gasteiger partial charge in [0.15, 0.2) is 5.82 Å². The summed E-state index contributed by atoms with van der Waals surface area (Å²) in [6.45, 7) is 0. The zero-order valence-electron chi connectivity index (χ0n) is 37.4. The van der Waals surface area contributed by atoms with Gasteiger partial charge in [0.2, 0.25) is 0 Å². The fourth-order valence-corrected chi connectivity index (χ4v) is 10.9. The maximum Gasteiger partial charge on any atom is 0.162 e. The largest absolute Gasteiger partial charge is 0.309 e. The maximum atomic E-state index is 5.33. The predicted octanol–water partition coefficient (Wildman–Crippen LogP) is 16.4. The van der Waals surface area contributed by atoms with Crippen LogP contribution in [0.25, 0.3) is 128 Å². The Labute approximate surface area is 398 Å². The maximum absolute atomic E-state index is 5.33. The highest BCUT2D eigenvalue weighted by molar-refractivity contribution is 6.22. The Kier molecular flexibility index (Phi) is 8.83. The van der Waals surface area contributed by atoms with Crippen LogP contribution in [-0.2, 0) is 0 Å². The molecular formula is C64H41N5. The lowest BCUT2D eigenvalue weighted by Crippen LogP contribution is -2.02. The Morgan fingerprint density at radius 3 is 1.39 bits per heavy atom. The van der Waals surface area contributed by atoms with Crippen molar-refractivity contribution < 1.29 is 0 Å². The quantitative estimate of drug-likeness (QED) is 0.160. The van der Waals surface area contributed by atoms with Gasteiger partial charge in [-0.05, 0) is 89.0 Å². The molecule has 0 fully saturated rings. The average Bonchev–Trinajstić information content (AvgIpc) is 4.07. The highest BCUT2D eigenvalue weighted by Crippen LogP contribution is 2.45. The normalized spacial score (nSPS) is 11.8. The minimum absolute atomic E-state index is 0.686. The third-order valence-electron chi connectivity index (χ3n) is 13.9. The van der Waals surface area contributed by atoms with Crippen molar-refractivity contribution in [2.45, 2.75) is 0 Å². The van der Waals surface area contributed by atoms with Gasteiger partial charge in [-0.3, -0.25) is 4.57 Å². The van der Waals surface area contributed by atoms with Crippen LogP contribution in [0.15, 0.2) is 249 Å². The fraction of sp³-hybridized carbons (Fsp3) is 0. The van der Waals surface area contributed by atoms with Gasteiger partial charge >= 0.3 is 0 Å². The van der Waals surface area contributed by atoms with Crippen molar-refractivity contribution in [2.24, 2.45) is 0 Å². The molecule has 14 aromatic rings. The molecule has 4 aromatic heterocycles. The minimum Gasteiger partial charge on any atom is -0.309 e. The van der Waals surface area contributed by atoms with Crippen LogP contribution in [0, 0.1) is 0 Å². The molecular weight excluding hydrogens is 839 g/mol. The number of hydrogen-bond acceptors (Lipinski definition) is 2. The van der Waals surface area contributed by atoms with Crippen LogP contribution >= 0.6 is 0 Å². The number of nitrogens with zero attached hydrogens (tertiary/aromatic N) is 5. The predicted molar refractivity (Wildman–Crippen MR) is 287 cm³/mol. The zero-order chi connectivity index (χ0) is 45.4. The molecule has 14 rings (SSSR count). The van der Waals surface area contributed by atoms with Gasteiger partial charge in [0.05, 0.1) is 38.8 Å². The van der Waals surface area contributed by atoms with Crippen molar-refractivity contribution in [3.8, 4) is 62.1 Å². The van der Waals surface area contributed by atoms with Crippen molar-refractivity contribution in [1.82, 2.24) is 23.7 Å². The molecule has 0 N–H and O–H groups in total. The van der Waals surface area contributed by atoms with Crippen LogP contribution in [0.4, 0.5) is 0 Å². The summed E-state index contributed by atoms with van der Waals surface area (Å²) >= 11 is 0. The first-order valence-electron chi connectivity index (χ1n) is 23.5. The molecule has 0 radical (unpaired) electrons. The summed E-state index contributed by atoms with van der Waals surface area (Å²) in [7, 11) is 0. The summed E-state index contributed by atoms with van der Waals surface area (Å²) < 4.78 is 7.18. The number of para-hydroxylation sites is 3. The van der Waals surface area contributed by atoms with Crippen molar-refractivity contribution >= 4 is 65.4 Å². The van der Waals surface area contributed by atoms with Gasteiger partial charge in [-0.15, -0.1) is 0 Å². The van der Waals surface area contributed by atoms with E-state index in [1.165, 1.54) is 65.6 Å². The first-order valence-corrected chi connectivity index (χ1v) is 23.5. The summed E-state index contributed by atoms with van der Waals surface area (Å²) in [6, 6.07) is 89.2. The van der Waals surface area contributed by atoms with E-state index < -0.39 is 0 Å². The molecule has 0 saturated heterocycles. The van der Waals surface area contributed by atoms with E-state index in [-0.39, 0.29) is 0 Å². The van der Waals surface area contributed by atoms with Gasteiger partial charge in [0, 0.05) is 60.9 Å². The van der Waals surface area contributed by atoms with Crippen LogP contribution in [-0.4, -0.2) is 23.7 Å².